The third-order valence-corrected chi connectivity index (χ3v) is 6.04. The van der Waals surface area contributed by atoms with Crippen molar-refractivity contribution in [2.24, 2.45) is 0 Å². The minimum atomic E-state index is -0.397. The van der Waals surface area contributed by atoms with Crippen LogP contribution in [0.5, 0.6) is 11.5 Å². The molecule has 1 aliphatic carbocycles. The molecule has 8 heteroatoms. The summed E-state index contributed by atoms with van der Waals surface area (Å²) in [6, 6.07) is 2.70. The lowest BCUT2D eigenvalue weighted by atomic mass is 9.95. The number of carbonyl (C=O) groups is 2. The fourth-order valence-electron chi connectivity index (χ4n) is 3.42. The van der Waals surface area contributed by atoms with Crippen molar-refractivity contribution < 1.29 is 24.2 Å². The Labute approximate surface area is 174 Å². The van der Waals surface area contributed by atoms with Gasteiger partial charge in [-0.25, -0.2) is 0 Å². The Kier molecular flexibility index (Phi) is 6.76. The average molecular weight is 419 g/mol. The lowest BCUT2D eigenvalue weighted by molar-refractivity contribution is 0.0921. The zero-order valence-corrected chi connectivity index (χ0v) is 17.6. The Morgan fingerprint density at radius 1 is 1.17 bits per heavy atom. The summed E-state index contributed by atoms with van der Waals surface area (Å²) in [5, 5.41) is 16.6. The van der Waals surface area contributed by atoms with E-state index in [-0.39, 0.29) is 18.4 Å². The van der Waals surface area contributed by atoms with Gasteiger partial charge >= 0.3 is 0 Å². The van der Waals surface area contributed by atoms with Crippen LogP contribution < -0.4 is 20.1 Å². The number of aryl methyl sites for hydroxylation is 1. The second kappa shape index (κ2) is 9.28. The average Bonchev–Trinajstić information content (AvgIpc) is 3.17. The summed E-state index contributed by atoms with van der Waals surface area (Å²) < 4.78 is 10.8. The zero-order valence-electron chi connectivity index (χ0n) is 16.8. The largest absolute Gasteiger partial charge is 0.493 e. The van der Waals surface area contributed by atoms with Crippen molar-refractivity contribution in [3.05, 3.63) is 39.1 Å². The molecule has 0 saturated carbocycles. The fraction of sp³-hybridized carbons (Fsp3) is 0.429. The van der Waals surface area contributed by atoms with Crippen molar-refractivity contribution in [1.29, 1.82) is 0 Å². The maximum atomic E-state index is 13.0. The van der Waals surface area contributed by atoms with Gasteiger partial charge in [-0.2, -0.15) is 0 Å². The minimum absolute atomic E-state index is 0.175. The van der Waals surface area contributed by atoms with Gasteiger partial charge < -0.3 is 25.2 Å². The molecule has 29 heavy (non-hydrogen) atoms. The summed E-state index contributed by atoms with van der Waals surface area (Å²) >= 11 is 1.62. The molecule has 0 saturated heterocycles. The van der Waals surface area contributed by atoms with E-state index >= 15 is 0 Å². The molecule has 1 aliphatic rings. The highest BCUT2D eigenvalue weighted by Crippen LogP contribution is 2.38. The second-order valence-corrected chi connectivity index (χ2v) is 7.99. The van der Waals surface area contributed by atoms with E-state index in [4.69, 9.17) is 9.47 Å². The van der Waals surface area contributed by atoms with Gasteiger partial charge in [-0.3, -0.25) is 9.59 Å². The van der Waals surface area contributed by atoms with Crippen molar-refractivity contribution in [2.75, 3.05) is 26.1 Å². The Morgan fingerprint density at radius 2 is 1.93 bits per heavy atom. The highest BCUT2D eigenvalue weighted by Gasteiger charge is 2.23. The first-order chi connectivity index (χ1) is 14.0. The molecule has 3 N–H and O–H groups in total. The number of nitrogens with one attached hydrogen (secondary N) is 2. The lowest BCUT2D eigenvalue weighted by Crippen LogP contribution is -2.35. The van der Waals surface area contributed by atoms with Gasteiger partial charge in [0.1, 0.15) is 0 Å². The molecular weight excluding hydrogens is 392 g/mol. The van der Waals surface area contributed by atoms with Crippen molar-refractivity contribution in [3.63, 3.8) is 0 Å². The summed E-state index contributed by atoms with van der Waals surface area (Å²) in [6.07, 6.45) is 4.16. The van der Waals surface area contributed by atoms with Crippen molar-refractivity contribution >= 4 is 28.8 Å². The number of methoxy groups -OCH3 is 2. The predicted molar refractivity (Wildman–Crippen MR) is 112 cm³/mol. The molecule has 2 amide bonds. The van der Waals surface area contributed by atoms with E-state index < -0.39 is 6.04 Å². The molecule has 0 fully saturated rings. The first-order valence-corrected chi connectivity index (χ1v) is 10.4. The Morgan fingerprint density at radius 3 is 2.62 bits per heavy atom. The maximum absolute atomic E-state index is 13.0. The van der Waals surface area contributed by atoms with E-state index in [9.17, 15) is 14.7 Å². The van der Waals surface area contributed by atoms with Gasteiger partial charge in [0.15, 0.2) is 11.5 Å². The van der Waals surface area contributed by atoms with E-state index in [0.29, 0.717) is 28.3 Å². The van der Waals surface area contributed by atoms with E-state index in [1.54, 1.807) is 30.4 Å². The monoisotopic (exact) mass is 418 g/mol. The SMILES string of the molecule is COc1cc(C(=O)N[C@H](C)CO)cc(NC(=O)c2csc3c2CCCC3)c1OC. The molecule has 0 bridgehead atoms. The fourth-order valence-corrected chi connectivity index (χ4v) is 4.54. The summed E-state index contributed by atoms with van der Waals surface area (Å²) in [5.41, 5.74) is 2.45. The summed E-state index contributed by atoms with van der Waals surface area (Å²) in [4.78, 5) is 26.8. The molecular formula is C21H26N2O5S. The lowest BCUT2D eigenvalue weighted by Gasteiger charge is -2.17. The minimum Gasteiger partial charge on any atom is -0.493 e. The van der Waals surface area contributed by atoms with Gasteiger partial charge in [-0.15, -0.1) is 11.3 Å². The molecule has 2 aromatic rings. The van der Waals surface area contributed by atoms with Crippen LogP contribution in [-0.2, 0) is 12.8 Å². The van der Waals surface area contributed by atoms with Crippen molar-refractivity contribution in [1.82, 2.24) is 5.32 Å². The summed E-state index contributed by atoms with van der Waals surface area (Å²) in [5.74, 6) is 0.0677. The van der Waals surface area contributed by atoms with Crippen LogP contribution in [0, 0.1) is 0 Å². The molecule has 0 aliphatic heterocycles. The van der Waals surface area contributed by atoms with Crippen LogP contribution in [0.2, 0.25) is 0 Å². The number of carbonyl (C=O) groups excluding carboxylic acids is 2. The molecule has 7 nitrogen and oxygen atoms in total. The van der Waals surface area contributed by atoms with Crippen LogP contribution in [0.15, 0.2) is 17.5 Å². The first kappa shape index (κ1) is 21.1. The van der Waals surface area contributed by atoms with Gasteiger partial charge in [0.05, 0.1) is 32.1 Å². The highest BCUT2D eigenvalue weighted by molar-refractivity contribution is 7.10. The highest BCUT2D eigenvalue weighted by atomic mass is 32.1. The smallest absolute Gasteiger partial charge is 0.256 e. The third-order valence-electron chi connectivity index (χ3n) is 4.95. The zero-order chi connectivity index (χ0) is 21.0. The van der Waals surface area contributed by atoms with Gasteiger partial charge in [0.25, 0.3) is 11.8 Å². The number of rotatable bonds is 7. The van der Waals surface area contributed by atoms with Crippen molar-refractivity contribution in [2.45, 2.75) is 38.6 Å². The Bertz CT molecular complexity index is 909. The van der Waals surface area contributed by atoms with E-state index in [1.165, 1.54) is 19.1 Å². The molecule has 0 unspecified atom stereocenters. The van der Waals surface area contributed by atoms with Gasteiger partial charge in [0, 0.05) is 21.9 Å². The first-order valence-electron chi connectivity index (χ1n) is 9.56. The molecule has 1 aromatic heterocycles. The number of aliphatic hydroxyl groups excluding tert-OH is 1. The van der Waals surface area contributed by atoms with Crippen LogP contribution in [0.1, 0.15) is 50.9 Å². The van der Waals surface area contributed by atoms with Gasteiger partial charge in [-0.05, 0) is 50.3 Å². The number of anilines is 1. The van der Waals surface area contributed by atoms with E-state index in [0.717, 1.165) is 31.2 Å². The normalized spacial score (nSPS) is 13.9. The number of hydrogen-bond donors (Lipinski definition) is 3. The number of amides is 2. The van der Waals surface area contributed by atoms with Crippen LogP contribution in [0.25, 0.3) is 0 Å². The van der Waals surface area contributed by atoms with Crippen LogP contribution >= 0.6 is 11.3 Å². The summed E-state index contributed by atoms with van der Waals surface area (Å²) in [7, 11) is 2.95. The Hall–Kier alpha value is -2.58. The number of ether oxygens (including phenoxy) is 2. The predicted octanol–water partition coefficient (Wildman–Crippen LogP) is 3.01. The molecule has 1 aromatic carbocycles. The van der Waals surface area contributed by atoms with E-state index in [2.05, 4.69) is 10.6 Å². The molecule has 156 valence electrons. The molecule has 3 rings (SSSR count). The molecule has 1 atom stereocenters. The Balaban J connectivity index is 1.92. The molecule has 1 heterocycles. The maximum Gasteiger partial charge on any atom is 0.256 e. The van der Waals surface area contributed by atoms with Gasteiger partial charge in [0.2, 0.25) is 0 Å². The molecule has 0 spiro atoms. The topological polar surface area (TPSA) is 96.9 Å². The standard InChI is InChI=1S/C21H26N2O5S/c1-12(10-24)22-20(25)13-8-16(19(28-3)17(9-13)27-2)23-21(26)15-11-29-18-7-5-4-6-14(15)18/h8-9,11-12,24H,4-7,10H2,1-3H3,(H,22,25)(H,23,26)/t12-/m1/s1. The number of aliphatic hydroxyl groups is 1. The number of thiophene rings is 1. The third kappa shape index (κ3) is 4.54. The second-order valence-electron chi connectivity index (χ2n) is 7.03. The quantitative estimate of drug-likeness (QED) is 0.642. The van der Waals surface area contributed by atoms with Crippen LogP contribution in [0.4, 0.5) is 5.69 Å². The van der Waals surface area contributed by atoms with Crippen molar-refractivity contribution in [3.8, 4) is 11.5 Å². The van der Waals surface area contributed by atoms with Crippen LogP contribution in [-0.4, -0.2) is 43.8 Å². The van der Waals surface area contributed by atoms with Gasteiger partial charge in [-0.1, -0.05) is 0 Å². The molecule has 0 radical (unpaired) electrons. The summed E-state index contributed by atoms with van der Waals surface area (Å²) in [6.45, 7) is 1.52. The van der Waals surface area contributed by atoms with E-state index in [1.807, 2.05) is 5.38 Å². The number of fused-ring (bicyclic) bond motifs is 1. The number of hydrogen-bond acceptors (Lipinski definition) is 6. The van der Waals surface area contributed by atoms with Crippen LogP contribution in [0.3, 0.4) is 0 Å². The number of benzene rings is 1.